The lowest BCUT2D eigenvalue weighted by Gasteiger charge is -2.40. The van der Waals surface area contributed by atoms with Crippen LogP contribution < -0.4 is 10.6 Å². The highest BCUT2D eigenvalue weighted by atomic mass is 19.1. The summed E-state index contributed by atoms with van der Waals surface area (Å²) in [4.78, 5) is 12.5. The van der Waals surface area contributed by atoms with Crippen molar-refractivity contribution in [1.82, 2.24) is 5.32 Å². The summed E-state index contributed by atoms with van der Waals surface area (Å²) in [6.07, 6.45) is 5.55. The molecule has 2 N–H and O–H groups in total. The Balaban J connectivity index is 1.80. The van der Waals surface area contributed by atoms with E-state index in [-0.39, 0.29) is 17.1 Å². The first-order valence-corrected chi connectivity index (χ1v) is 7.99. The van der Waals surface area contributed by atoms with E-state index in [2.05, 4.69) is 17.6 Å². The molecule has 3 rings (SSSR count). The van der Waals surface area contributed by atoms with E-state index < -0.39 is 0 Å². The van der Waals surface area contributed by atoms with Crippen LogP contribution in [0.1, 0.15) is 50.2 Å². The molecule has 1 aliphatic heterocycles. The first kappa shape index (κ1) is 14.5. The third-order valence-electron chi connectivity index (χ3n) is 4.98. The molecule has 1 amide bonds. The molecule has 1 fully saturated rings. The third kappa shape index (κ3) is 2.57. The molecule has 1 aromatic rings. The maximum absolute atomic E-state index is 14.6. The van der Waals surface area contributed by atoms with Crippen molar-refractivity contribution in [3.8, 4) is 0 Å². The maximum atomic E-state index is 14.6. The van der Waals surface area contributed by atoms with Gasteiger partial charge < -0.3 is 10.6 Å². The molecule has 114 valence electrons. The molecule has 0 spiro atoms. The highest BCUT2D eigenvalue weighted by Gasteiger charge is 2.43. The summed E-state index contributed by atoms with van der Waals surface area (Å²) in [6.45, 7) is 3.60. The van der Waals surface area contributed by atoms with Crippen LogP contribution in [0.2, 0.25) is 0 Å². The average molecular weight is 290 g/mol. The van der Waals surface area contributed by atoms with E-state index in [1.165, 1.54) is 0 Å². The van der Waals surface area contributed by atoms with Gasteiger partial charge in [0.05, 0.1) is 5.69 Å². The number of carbonyl (C=O) groups is 1. The Morgan fingerprint density at radius 2 is 2.24 bits per heavy atom. The molecule has 21 heavy (non-hydrogen) atoms. The Morgan fingerprint density at radius 1 is 1.43 bits per heavy atom. The van der Waals surface area contributed by atoms with Crippen LogP contribution in [0.25, 0.3) is 0 Å². The van der Waals surface area contributed by atoms with Gasteiger partial charge in [-0.05, 0) is 49.4 Å². The van der Waals surface area contributed by atoms with Crippen molar-refractivity contribution < 1.29 is 9.18 Å². The molecule has 0 saturated heterocycles. The monoisotopic (exact) mass is 290 g/mol. The van der Waals surface area contributed by atoms with Crippen molar-refractivity contribution >= 4 is 11.6 Å². The fraction of sp³-hybridized carbons (Fsp3) is 0.588. The van der Waals surface area contributed by atoms with Crippen LogP contribution in [0, 0.1) is 11.2 Å². The number of fused-ring (bicyclic) bond motifs is 1. The standard InChI is InChI=1S/C17H23FN2O/c1-2-7-17(8-3-9-17)16(21)20-14-5-4-12-11-19-10-6-13(12)15(14)18/h4-5,19H,2-3,6-11H2,1H3,(H,20,21). The van der Waals surface area contributed by atoms with E-state index in [1.807, 2.05) is 6.07 Å². The summed E-state index contributed by atoms with van der Waals surface area (Å²) in [6, 6.07) is 3.63. The normalized spacial score (nSPS) is 19.5. The fourth-order valence-corrected chi connectivity index (χ4v) is 3.56. The largest absolute Gasteiger partial charge is 0.323 e. The van der Waals surface area contributed by atoms with Crippen LogP contribution in [-0.4, -0.2) is 12.5 Å². The van der Waals surface area contributed by atoms with Crippen LogP contribution in [-0.2, 0) is 17.8 Å². The lowest BCUT2D eigenvalue weighted by molar-refractivity contribution is -0.130. The molecule has 0 radical (unpaired) electrons. The summed E-state index contributed by atoms with van der Waals surface area (Å²) < 4.78 is 14.6. The Bertz CT molecular complexity index is 552. The van der Waals surface area contributed by atoms with Crippen LogP contribution in [0.3, 0.4) is 0 Å². The zero-order valence-electron chi connectivity index (χ0n) is 12.6. The lowest BCUT2D eigenvalue weighted by atomic mass is 9.65. The summed E-state index contributed by atoms with van der Waals surface area (Å²) in [5.41, 5.74) is 1.86. The van der Waals surface area contributed by atoms with Crippen molar-refractivity contribution in [2.24, 2.45) is 5.41 Å². The van der Waals surface area contributed by atoms with Crippen LogP contribution in [0.5, 0.6) is 0 Å². The van der Waals surface area contributed by atoms with Crippen LogP contribution in [0.4, 0.5) is 10.1 Å². The van der Waals surface area contributed by atoms with Gasteiger partial charge in [0.2, 0.25) is 5.91 Å². The summed E-state index contributed by atoms with van der Waals surface area (Å²) in [5.74, 6) is -0.239. The number of hydrogen-bond acceptors (Lipinski definition) is 2. The van der Waals surface area contributed by atoms with Crippen LogP contribution >= 0.6 is 0 Å². The van der Waals surface area contributed by atoms with Gasteiger partial charge in [0, 0.05) is 12.0 Å². The number of anilines is 1. The van der Waals surface area contributed by atoms with E-state index in [4.69, 9.17) is 0 Å². The van der Waals surface area contributed by atoms with Gasteiger partial charge in [-0.1, -0.05) is 25.8 Å². The molecule has 1 saturated carbocycles. The number of carbonyl (C=O) groups excluding carboxylic acids is 1. The summed E-state index contributed by atoms with van der Waals surface area (Å²) in [7, 11) is 0. The molecule has 1 aliphatic carbocycles. The molecule has 0 atom stereocenters. The Labute approximate surface area is 125 Å². The number of nitrogens with one attached hydrogen (secondary N) is 2. The summed E-state index contributed by atoms with van der Waals surface area (Å²) in [5, 5.41) is 6.09. The van der Waals surface area contributed by atoms with Crippen LogP contribution in [0.15, 0.2) is 12.1 Å². The molecular formula is C17H23FN2O. The molecular weight excluding hydrogens is 267 g/mol. The second-order valence-electron chi connectivity index (χ2n) is 6.33. The summed E-state index contributed by atoms with van der Waals surface area (Å²) >= 11 is 0. The van der Waals surface area contributed by atoms with Crippen molar-refractivity contribution in [1.29, 1.82) is 0 Å². The number of hydrogen-bond donors (Lipinski definition) is 2. The number of benzene rings is 1. The minimum atomic E-state index is -0.251. The second kappa shape index (κ2) is 5.76. The van der Waals surface area contributed by atoms with Gasteiger partial charge in [-0.15, -0.1) is 0 Å². The van der Waals surface area contributed by atoms with Gasteiger partial charge >= 0.3 is 0 Å². The smallest absolute Gasteiger partial charge is 0.230 e. The average Bonchev–Trinajstić information content (AvgIpc) is 2.46. The van der Waals surface area contributed by atoms with Gasteiger partial charge in [0.15, 0.2) is 0 Å². The fourth-order valence-electron chi connectivity index (χ4n) is 3.56. The molecule has 3 nitrogen and oxygen atoms in total. The maximum Gasteiger partial charge on any atom is 0.230 e. The Kier molecular flexibility index (Phi) is 3.98. The SMILES string of the molecule is CCCC1(C(=O)Nc2ccc3c(c2F)CCNC3)CCC1. The lowest BCUT2D eigenvalue weighted by Crippen LogP contribution is -2.42. The first-order valence-electron chi connectivity index (χ1n) is 7.99. The molecule has 1 heterocycles. The van der Waals surface area contributed by atoms with Gasteiger partial charge in [-0.3, -0.25) is 4.79 Å². The van der Waals surface area contributed by atoms with E-state index in [0.29, 0.717) is 18.7 Å². The Hall–Kier alpha value is -1.42. The quantitative estimate of drug-likeness (QED) is 0.892. The zero-order valence-corrected chi connectivity index (χ0v) is 12.6. The highest BCUT2D eigenvalue weighted by Crippen LogP contribution is 2.45. The van der Waals surface area contributed by atoms with E-state index in [1.54, 1.807) is 6.07 Å². The number of halogens is 1. The minimum absolute atomic E-state index is 0.00313. The molecule has 0 bridgehead atoms. The number of amides is 1. The van der Waals surface area contributed by atoms with Crippen molar-refractivity contribution in [3.63, 3.8) is 0 Å². The second-order valence-corrected chi connectivity index (χ2v) is 6.33. The predicted molar refractivity (Wildman–Crippen MR) is 81.6 cm³/mol. The molecule has 0 unspecified atom stereocenters. The van der Waals surface area contributed by atoms with E-state index in [9.17, 15) is 9.18 Å². The van der Waals surface area contributed by atoms with Gasteiger partial charge in [-0.25, -0.2) is 4.39 Å². The highest BCUT2D eigenvalue weighted by molar-refractivity contribution is 5.96. The first-order chi connectivity index (χ1) is 10.2. The van der Waals surface area contributed by atoms with Crippen molar-refractivity contribution in [2.75, 3.05) is 11.9 Å². The number of rotatable bonds is 4. The third-order valence-corrected chi connectivity index (χ3v) is 4.98. The van der Waals surface area contributed by atoms with Gasteiger partial charge in [0.1, 0.15) is 5.82 Å². The van der Waals surface area contributed by atoms with E-state index in [0.717, 1.165) is 49.8 Å². The topological polar surface area (TPSA) is 41.1 Å². The molecule has 2 aliphatic rings. The minimum Gasteiger partial charge on any atom is -0.323 e. The zero-order chi connectivity index (χ0) is 14.9. The molecule has 0 aromatic heterocycles. The Morgan fingerprint density at radius 3 is 2.90 bits per heavy atom. The van der Waals surface area contributed by atoms with E-state index >= 15 is 0 Å². The predicted octanol–water partition coefficient (Wildman–Crippen LogP) is 3.38. The van der Waals surface area contributed by atoms with Gasteiger partial charge in [0.25, 0.3) is 0 Å². The molecule has 4 heteroatoms. The van der Waals surface area contributed by atoms with Crippen molar-refractivity contribution in [3.05, 3.63) is 29.1 Å². The molecule has 1 aromatic carbocycles. The van der Waals surface area contributed by atoms with Crippen molar-refractivity contribution in [2.45, 2.75) is 52.0 Å². The van der Waals surface area contributed by atoms with Gasteiger partial charge in [-0.2, -0.15) is 0 Å².